The van der Waals surface area contributed by atoms with Crippen molar-refractivity contribution in [3.8, 4) is 0 Å². The van der Waals surface area contributed by atoms with Crippen molar-refractivity contribution in [1.82, 2.24) is 0 Å². The molecule has 0 aliphatic rings. The molecule has 0 atom stereocenters. The lowest BCUT2D eigenvalue weighted by Crippen LogP contribution is -2.23. The first-order valence-corrected chi connectivity index (χ1v) is 5.77. The van der Waals surface area contributed by atoms with Crippen LogP contribution >= 0.6 is 0 Å². The molecule has 0 unspecified atom stereocenters. The summed E-state index contributed by atoms with van der Waals surface area (Å²) in [6.45, 7) is 2.22. The van der Waals surface area contributed by atoms with E-state index in [1.807, 2.05) is 0 Å². The highest BCUT2D eigenvalue weighted by Gasteiger charge is 2.11. The van der Waals surface area contributed by atoms with Crippen LogP contribution in [0.2, 0.25) is 0 Å². The van der Waals surface area contributed by atoms with Gasteiger partial charge in [0, 0.05) is 5.57 Å². The molecule has 0 spiro atoms. The average molecular weight is 304 g/mol. The minimum atomic E-state index is -0.992. The summed E-state index contributed by atoms with van der Waals surface area (Å²) in [7, 11) is 0. The second-order valence-corrected chi connectivity index (χ2v) is 3.62. The first-order valence-electron chi connectivity index (χ1n) is 5.77. The Kier molecular flexibility index (Phi) is 9.18. The molecule has 0 saturated heterocycles. The molecule has 0 saturated carbocycles. The van der Waals surface area contributed by atoms with E-state index in [0.29, 0.717) is 0 Å². The minimum absolute atomic E-state index is 0.153. The highest BCUT2D eigenvalue weighted by molar-refractivity contribution is 5.86. The first kappa shape index (κ1) is 18.6. The molecule has 0 rings (SSSR count). The number of hydrogen-bond donors (Lipinski definition) is 1. The number of rotatable bonds is 9. The van der Waals surface area contributed by atoms with Crippen LogP contribution in [0.15, 0.2) is 12.2 Å². The maximum Gasteiger partial charge on any atom is 0.344 e. The summed E-state index contributed by atoms with van der Waals surface area (Å²) in [6.07, 6.45) is 0. The normalized spacial score (nSPS) is 9.43. The molecule has 0 bridgehead atoms. The molecule has 9 heteroatoms. The molecule has 21 heavy (non-hydrogen) atoms. The quantitative estimate of drug-likeness (QED) is 0.240. The van der Waals surface area contributed by atoms with E-state index in [9.17, 15) is 19.2 Å². The molecule has 0 aromatic rings. The van der Waals surface area contributed by atoms with Gasteiger partial charge in [-0.2, -0.15) is 0 Å². The fourth-order valence-electron chi connectivity index (χ4n) is 0.821. The SMILES string of the molecule is C=C(C)C(=O)OCCOC(=O)COC(=O)COC(=O)CO. The molecule has 0 heterocycles. The molecule has 0 aliphatic carbocycles. The van der Waals surface area contributed by atoms with Crippen molar-refractivity contribution in [1.29, 1.82) is 0 Å². The molecular weight excluding hydrogens is 288 g/mol. The average Bonchev–Trinajstić information content (AvgIpc) is 2.46. The van der Waals surface area contributed by atoms with Gasteiger partial charge < -0.3 is 24.1 Å². The zero-order valence-corrected chi connectivity index (χ0v) is 11.5. The Hall–Kier alpha value is -2.42. The Labute approximate surface area is 120 Å². The van der Waals surface area contributed by atoms with E-state index in [1.54, 1.807) is 0 Å². The van der Waals surface area contributed by atoms with Crippen molar-refractivity contribution in [3.05, 3.63) is 12.2 Å². The maximum atomic E-state index is 11.1. The van der Waals surface area contributed by atoms with Crippen LogP contribution in [-0.4, -0.2) is 62.0 Å². The van der Waals surface area contributed by atoms with Crippen molar-refractivity contribution in [2.24, 2.45) is 0 Å². The molecule has 0 amide bonds. The number of hydrogen-bond acceptors (Lipinski definition) is 9. The van der Waals surface area contributed by atoms with Crippen LogP contribution in [0.25, 0.3) is 0 Å². The molecule has 0 fully saturated rings. The van der Waals surface area contributed by atoms with E-state index < -0.39 is 43.7 Å². The van der Waals surface area contributed by atoms with Crippen molar-refractivity contribution in [2.45, 2.75) is 6.92 Å². The summed E-state index contributed by atoms with van der Waals surface area (Å²) in [4.78, 5) is 43.6. The Morgan fingerprint density at radius 2 is 1.33 bits per heavy atom. The van der Waals surface area contributed by atoms with Gasteiger partial charge in [-0.1, -0.05) is 6.58 Å². The molecule has 0 aromatic heterocycles. The van der Waals surface area contributed by atoms with Gasteiger partial charge in [-0.3, -0.25) is 0 Å². The third-order valence-electron chi connectivity index (χ3n) is 1.76. The van der Waals surface area contributed by atoms with Crippen LogP contribution in [0.1, 0.15) is 6.92 Å². The Morgan fingerprint density at radius 1 is 0.857 bits per heavy atom. The summed E-state index contributed by atoms with van der Waals surface area (Å²) >= 11 is 0. The van der Waals surface area contributed by atoms with Gasteiger partial charge in [0.05, 0.1) is 0 Å². The van der Waals surface area contributed by atoms with Crippen LogP contribution in [-0.2, 0) is 38.1 Å². The zero-order valence-electron chi connectivity index (χ0n) is 11.5. The van der Waals surface area contributed by atoms with E-state index in [1.165, 1.54) is 6.92 Å². The molecule has 9 nitrogen and oxygen atoms in total. The van der Waals surface area contributed by atoms with E-state index in [-0.39, 0.29) is 18.8 Å². The first-order chi connectivity index (χ1) is 9.86. The Bertz CT molecular complexity index is 413. The molecule has 0 aromatic carbocycles. The third kappa shape index (κ3) is 10.1. The Morgan fingerprint density at radius 3 is 1.86 bits per heavy atom. The van der Waals surface area contributed by atoms with Gasteiger partial charge >= 0.3 is 23.9 Å². The van der Waals surface area contributed by atoms with Crippen molar-refractivity contribution in [2.75, 3.05) is 33.0 Å². The largest absolute Gasteiger partial charge is 0.460 e. The van der Waals surface area contributed by atoms with E-state index >= 15 is 0 Å². The monoisotopic (exact) mass is 304 g/mol. The topological polar surface area (TPSA) is 125 Å². The zero-order chi connectivity index (χ0) is 16.3. The van der Waals surface area contributed by atoms with Crippen molar-refractivity contribution in [3.63, 3.8) is 0 Å². The summed E-state index contributed by atoms with van der Waals surface area (Å²) in [5.41, 5.74) is 0.215. The van der Waals surface area contributed by atoms with Gasteiger partial charge in [0.1, 0.15) is 19.8 Å². The van der Waals surface area contributed by atoms with Crippen molar-refractivity contribution >= 4 is 23.9 Å². The van der Waals surface area contributed by atoms with Gasteiger partial charge in [0.25, 0.3) is 0 Å². The van der Waals surface area contributed by atoms with Gasteiger partial charge in [-0.15, -0.1) is 0 Å². The van der Waals surface area contributed by atoms with E-state index in [0.717, 1.165) is 0 Å². The van der Waals surface area contributed by atoms with Crippen LogP contribution in [0.3, 0.4) is 0 Å². The summed E-state index contributed by atoms with van der Waals surface area (Å²) in [5.74, 6) is -3.43. The summed E-state index contributed by atoms with van der Waals surface area (Å²) in [5, 5.41) is 8.32. The lowest BCUT2D eigenvalue weighted by Gasteiger charge is -2.07. The molecule has 1 N–H and O–H groups in total. The third-order valence-corrected chi connectivity index (χ3v) is 1.76. The maximum absolute atomic E-state index is 11.1. The number of ether oxygens (including phenoxy) is 4. The smallest absolute Gasteiger partial charge is 0.344 e. The second-order valence-electron chi connectivity index (χ2n) is 3.62. The van der Waals surface area contributed by atoms with Gasteiger partial charge in [0.15, 0.2) is 13.2 Å². The lowest BCUT2D eigenvalue weighted by atomic mass is 10.4. The molecule has 118 valence electrons. The predicted molar refractivity (Wildman–Crippen MR) is 65.7 cm³/mol. The summed E-state index contributed by atoms with van der Waals surface area (Å²) < 4.78 is 17.9. The molecule has 0 radical (unpaired) electrons. The van der Waals surface area contributed by atoms with Crippen LogP contribution in [0.5, 0.6) is 0 Å². The highest BCUT2D eigenvalue weighted by Crippen LogP contribution is 1.92. The fraction of sp³-hybridized carbons (Fsp3) is 0.500. The second kappa shape index (κ2) is 10.4. The fourth-order valence-corrected chi connectivity index (χ4v) is 0.821. The van der Waals surface area contributed by atoms with E-state index in [2.05, 4.69) is 25.5 Å². The summed E-state index contributed by atoms with van der Waals surface area (Å²) in [6, 6.07) is 0. The van der Waals surface area contributed by atoms with Crippen LogP contribution in [0.4, 0.5) is 0 Å². The van der Waals surface area contributed by atoms with Crippen LogP contribution in [0, 0.1) is 0 Å². The molecule has 0 aliphatic heterocycles. The van der Waals surface area contributed by atoms with E-state index in [4.69, 9.17) is 5.11 Å². The number of carbonyl (C=O) groups is 4. The van der Waals surface area contributed by atoms with Crippen molar-refractivity contribution < 1.29 is 43.2 Å². The van der Waals surface area contributed by atoms with Crippen LogP contribution < -0.4 is 0 Å². The number of aliphatic hydroxyl groups is 1. The highest BCUT2D eigenvalue weighted by atomic mass is 16.6. The van der Waals surface area contributed by atoms with Gasteiger partial charge in [-0.05, 0) is 6.92 Å². The standard InChI is InChI=1S/C12H16O9/c1-8(2)12(17)19-4-3-18-10(15)6-21-11(16)7-20-9(14)5-13/h13H,1,3-7H2,2H3. The molecular formula is C12H16O9. The Balaban J connectivity index is 3.66. The predicted octanol–water partition coefficient (Wildman–Crippen LogP) is -1.27. The van der Waals surface area contributed by atoms with Gasteiger partial charge in [-0.25, -0.2) is 19.2 Å². The minimum Gasteiger partial charge on any atom is -0.460 e. The number of carbonyl (C=O) groups excluding carboxylic acids is 4. The van der Waals surface area contributed by atoms with Gasteiger partial charge in [0.2, 0.25) is 0 Å². The number of aliphatic hydroxyl groups excluding tert-OH is 1. The number of esters is 4. The lowest BCUT2D eigenvalue weighted by molar-refractivity contribution is -0.166.